The Balaban J connectivity index is 2.05. The number of rotatable bonds is 2. The maximum atomic E-state index is 13.5. The summed E-state index contributed by atoms with van der Waals surface area (Å²) in [6.45, 7) is 1.55. The summed E-state index contributed by atoms with van der Waals surface area (Å²) in [5.41, 5.74) is -3.14. The van der Waals surface area contributed by atoms with E-state index in [1.54, 1.807) is 31.2 Å². The number of amides is 1. The van der Waals surface area contributed by atoms with Crippen molar-refractivity contribution in [2.75, 3.05) is 0 Å². The summed E-state index contributed by atoms with van der Waals surface area (Å²) in [6, 6.07) is 9.10. The van der Waals surface area contributed by atoms with E-state index in [-0.39, 0.29) is 16.5 Å². The molecule has 0 saturated heterocycles. The Morgan fingerprint density at radius 1 is 1.36 bits per heavy atom. The lowest BCUT2D eigenvalue weighted by Crippen LogP contribution is -2.56. The van der Waals surface area contributed by atoms with Crippen LogP contribution in [-0.2, 0) is 0 Å². The van der Waals surface area contributed by atoms with Gasteiger partial charge in [-0.25, -0.2) is 0 Å². The second kappa shape index (κ2) is 5.99. The number of hydrogen-bond acceptors (Lipinski definition) is 4. The highest BCUT2D eigenvalue weighted by molar-refractivity contribution is 9.10. The number of benzene rings is 1. The zero-order chi connectivity index (χ0) is 18.4. The molecule has 0 fully saturated rings. The molecule has 1 aromatic carbocycles. The van der Waals surface area contributed by atoms with Crippen LogP contribution in [0.5, 0.6) is 0 Å². The van der Waals surface area contributed by atoms with Crippen LogP contribution in [0.15, 0.2) is 50.4 Å². The van der Waals surface area contributed by atoms with Gasteiger partial charge in [0.15, 0.2) is 5.76 Å². The normalized spacial score (nSPS) is 20.7. The van der Waals surface area contributed by atoms with Crippen LogP contribution < -0.4 is 0 Å². The average molecular weight is 417 g/mol. The van der Waals surface area contributed by atoms with Crippen LogP contribution in [0.4, 0.5) is 13.2 Å². The van der Waals surface area contributed by atoms with Gasteiger partial charge in [-0.3, -0.25) is 4.79 Å². The zero-order valence-corrected chi connectivity index (χ0v) is 14.4. The highest BCUT2D eigenvalue weighted by atomic mass is 79.9. The van der Waals surface area contributed by atoms with Crippen molar-refractivity contribution in [3.8, 4) is 0 Å². The van der Waals surface area contributed by atoms with E-state index in [4.69, 9.17) is 4.42 Å². The van der Waals surface area contributed by atoms with Gasteiger partial charge in [0.1, 0.15) is 5.76 Å². The fraction of sp³-hybridized carbons (Fsp3) is 0.250. The van der Waals surface area contributed by atoms with Crippen LogP contribution in [0.25, 0.3) is 0 Å². The largest absolute Gasteiger partial charge is 0.456 e. The Morgan fingerprint density at radius 2 is 2.08 bits per heavy atom. The number of hydrazone groups is 1. The van der Waals surface area contributed by atoms with Gasteiger partial charge in [-0.05, 0) is 36.8 Å². The summed E-state index contributed by atoms with van der Waals surface area (Å²) in [7, 11) is 0. The summed E-state index contributed by atoms with van der Waals surface area (Å²) in [5.74, 6) is -1.15. The van der Waals surface area contributed by atoms with Gasteiger partial charge in [0, 0.05) is 4.47 Å². The van der Waals surface area contributed by atoms with Gasteiger partial charge in [-0.15, -0.1) is 0 Å². The molecule has 132 valence electrons. The van der Waals surface area contributed by atoms with Gasteiger partial charge in [-0.1, -0.05) is 28.1 Å². The molecule has 5 nitrogen and oxygen atoms in total. The van der Waals surface area contributed by atoms with Crippen molar-refractivity contribution in [1.82, 2.24) is 5.01 Å². The first-order chi connectivity index (χ1) is 11.6. The summed E-state index contributed by atoms with van der Waals surface area (Å²) in [6.07, 6.45) is -5.97. The van der Waals surface area contributed by atoms with Crippen molar-refractivity contribution in [2.24, 2.45) is 5.10 Å². The monoisotopic (exact) mass is 416 g/mol. The molecule has 3 rings (SSSR count). The number of carbonyl (C=O) groups is 1. The molecule has 2 heterocycles. The Labute approximate surface area is 148 Å². The lowest BCUT2D eigenvalue weighted by atomic mass is 10.0. The van der Waals surface area contributed by atoms with E-state index in [0.717, 1.165) is 0 Å². The molecule has 1 aliphatic heterocycles. The zero-order valence-electron chi connectivity index (χ0n) is 12.8. The first kappa shape index (κ1) is 17.7. The molecule has 25 heavy (non-hydrogen) atoms. The van der Waals surface area contributed by atoms with Crippen LogP contribution >= 0.6 is 15.9 Å². The van der Waals surface area contributed by atoms with Crippen LogP contribution in [-0.4, -0.2) is 33.6 Å². The van der Waals surface area contributed by atoms with Crippen LogP contribution in [0, 0.1) is 6.92 Å². The van der Waals surface area contributed by atoms with Gasteiger partial charge in [0.25, 0.3) is 5.72 Å². The summed E-state index contributed by atoms with van der Waals surface area (Å²) in [4.78, 5) is 12.4. The van der Waals surface area contributed by atoms with Crippen molar-refractivity contribution in [2.45, 2.75) is 25.2 Å². The van der Waals surface area contributed by atoms with Crippen LogP contribution in [0.3, 0.4) is 0 Å². The van der Waals surface area contributed by atoms with E-state index in [0.29, 0.717) is 15.8 Å². The first-order valence-corrected chi connectivity index (χ1v) is 7.94. The fourth-order valence-corrected chi connectivity index (χ4v) is 2.86. The lowest BCUT2D eigenvalue weighted by Gasteiger charge is -2.32. The minimum atomic E-state index is -5.10. The Bertz CT molecular complexity index is 862. The average Bonchev–Trinajstić information content (AvgIpc) is 3.11. The molecule has 0 radical (unpaired) electrons. The molecule has 0 unspecified atom stereocenters. The smallest absolute Gasteiger partial charge is 0.438 e. The standard InChI is InChI=1S/C16H12BrF3N2O3/c1-9-5-6-13(25-9)14(23)22-15(24,16(18,19)20)8-12(21-22)10-3-2-4-11(17)7-10/h2-7,24H,8H2,1H3/t15-/m0/s1. The minimum absolute atomic E-state index is 0.0432. The number of halogens is 4. The maximum absolute atomic E-state index is 13.5. The van der Waals surface area contributed by atoms with E-state index in [9.17, 15) is 23.1 Å². The molecular weight excluding hydrogens is 405 g/mol. The van der Waals surface area contributed by atoms with Crippen LogP contribution in [0.1, 0.15) is 28.3 Å². The molecule has 9 heteroatoms. The molecule has 0 saturated carbocycles. The van der Waals surface area contributed by atoms with E-state index in [1.807, 2.05) is 0 Å². The quantitative estimate of drug-likeness (QED) is 0.808. The van der Waals surface area contributed by atoms with Gasteiger partial charge in [-0.2, -0.15) is 23.3 Å². The molecule has 1 amide bonds. The van der Waals surface area contributed by atoms with Crippen molar-refractivity contribution >= 4 is 27.5 Å². The number of carbonyl (C=O) groups excluding carboxylic acids is 1. The number of alkyl halides is 3. The number of nitrogens with zero attached hydrogens (tertiary/aromatic N) is 2. The number of aliphatic hydroxyl groups is 1. The van der Waals surface area contributed by atoms with Crippen molar-refractivity contribution in [1.29, 1.82) is 0 Å². The van der Waals surface area contributed by atoms with E-state index < -0.39 is 24.2 Å². The Hall–Kier alpha value is -2.13. The first-order valence-electron chi connectivity index (χ1n) is 7.15. The fourth-order valence-electron chi connectivity index (χ4n) is 2.46. The third-order valence-corrected chi connectivity index (χ3v) is 4.23. The number of hydrogen-bond donors (Lipinski definition) is 1. The molecule has 1 aliphatic rings. The van der Waals surface area contributed by atoms with Gasteiger partial charge in [0.2, 0.25) is 0 Å². The number of aryl methyl sites for hydroxylation is 1. The molecule has 2 aromatic rings. The van der Waals surface area contributed by atoms with E-state index >= 15 is 0 Å². The molecule has 1 aromatic heterocycles. The van der Waals surface area contributed by atoms with Crippen molar-refractivity contribution < 1.29 is 27.5 Å². The topological polar surface area (TPSA) is 66.0 Å². The molecule has 0 aliphatic carbocycles. The molecule has 0 bridgehead atoms. The van der Waals surface area contributed by atoms with Gasteiger partial charge in [0.05, 0.1) is 12.1 Å². The van der Waals surface area contributed by atoms with Gasteiger partial charge < -0.3 is 9.52 Å². The minimum Gasteiger partial charge on any atom is -0.456 e. The highest BCUT2D eigenvalue weighted by Gasteiger charge is 2.63. The second-order valence-corrected chi connectivity index (χ2v) is 6.49. The van der Waals surface area contributed by atoms with Crippen molar-refractivity contribution in [3.63, 3.8) is 0 Å². The van der Waals surface area contributed by atoms with Gasteiger partial charge >= 0.3 is 12.1 Å². The van der Waals surface area contributed by atoms with E-state index in [2.05, 4.69) is 21.0 Å². The van der Waals surface area contributed by atoms with Crippen molar-refractivity contribution in [3.05, 3.63) is 58.0 Å². The molecule has 0 spiro atoms. The Kier molecular flexibility index (Phi) is 4.24. The second-order valence-electron chi connectivity index (χ2n) is 5.58. The highest BCUT2D eigenvalue weighted by Crippen LogP contribution is 2.42. The van der Waals surface area contributed by atoms with Crippen LogP contribution in [0.2, 0.25) is 0 Å². The SMILES string of the molecule is Cc1ccc(C(=O)N2N=C(c3cccc(Br)c3)C[C@]2(O)C(F)(F)F)o1. The third-order valence-electron chi connectivity index (χ3n) is 3.74. The molecule has 1 N–H and O–H groups in total. The summed E-state index contributed by atoms with van der Waals surface area (Å²) < 4.78 is 46.2. The maximum Gasteiger partial charge on any atom is 0.438 e. The third kappa shape index (κ3) is 3.09. The molecule has 1 atom stereocenters. The predicted octanol–water partition coefficient (Wildman–Crippen LogP) is 3.85. The predicted molar refractivity (Wildman–Crippen MR) is 85.9 cm³/mol. The summed E-state index contributed by atoms with van der Waals surface area (Å²) >= 11 is 3.23. The number of furan rings is 1. The Morgan fingerprint density at radius 3 is 2.64 bits per heavy atom. The molecular formula is C16H12BrF3N2O3. The van der Waals surface area contributed by atoms with E-state index in [1.165, 1.54) is 12.1 Å². The summed E-state index contributed by atoms with van der Waals surface area (Å²) in [5, 5.41) is 14.0. The lowest BCUT2D eigenvalue weighted by molar-refractivity contribution is -0.297.